The predicted octanol–water partition coefficient (Wildman–Crippen LogP) is 3.58. The number of ether oxygens (including phenoxy) is 2. The molecule has 0 radical (unpaired) electrons. The molecular weight excluding hydrogens is 437 g/mol. The van der Waals surface area contributed by atoms with Gasteiger partial charge in [0.05, 0.1) is 29.4 Å². The molecule has 3 atom stereocenters. The molecule has 1 aliphatic rings. The molecule has 4 aromatic rings. The van der Waals surface area contributed by atoms with Crippen LogP contribution in [0.3, 0.4) is 0 Å². The molecule has 1 fully saturated rings. The number of aliphatic hydroxyl groups excluding tert-OH is 2. The van der Waals surface area contributed by atoms with Gasteiger partial charge in [-0.3, -0.25) is 0 Å². The van der Waals surface area contributed by atoms with Crippen LogP contribution in [0, 0.1) is 5.82 Å². The van der Waals surface area contributed by atoms with Gasteiger partial charge in [-0.25, -0.2) is 9.37 Å². The molecule has 32 heavy (non-hydrogen) atoms. The van der Waals surface area contributed by atoms with Crippen LogP contribution < -0.4 is 4.74 Å². The van der Waals surface area contributed by atoms with Gasteiger partial charge in [0.1, 0.15) is 18.0 Å². The van der Waals surface area contributed by atoms with Crippen LogP contribution in [-0.4, -0.2) is 56.7 Å². The number of H-pyrrole nitrogens is 1. The number of aliphatic hydroxyl groups is 2. The number of benzene rings is 2. The summed E-state index contributed by atoms with van der Waals surface area (Å²) in [6.07, 6.45) is -2.29. The Balaban J connectivity index is 1.40. The standard InChI is InChI=1S/C23H19ClFN3O4/c24-16-9-17-22(28-23(26-17)32-19-11-31-18(10-29)21(19)30)27-20(16)14-3-1-12(2-4-14)13-5-7-15(25)8-6-13/h1-9,18-19,21,29-30H,10-11H2,(H,26,27,28)/t18-,19-,21?/m1/s1. The second-order valence-corrected chi connectivity index (χ2v) is 7.92. The molecule has 5 rings (SSSR count). The monoisotopic (exact) mass is 455 g/mol. The summed E-state index contributed by atoms with van der Waals surface area (Å²) >= 11 is 6.47. The summed E-state index contributed by atoms with van der Waals surface area (Å²) in [5.74, 6) is -0.278. The Morgan fingerprint density at radius 2 is 1.72 bits per heavy atom. The van der Waals surface area contributed by atoms with E-state index in [2.05, 4.69) is 15.0 Å². The zero-order valence-electron chi connectivity index (χ0n) is 16.7. The van der Waals surface area contributed by atoms with Crippen LogP contribution in [0.5, 0.6) is 6.01 Å². The van der Waals surface area contributed by atoms with Crippen molar-refractivity contribution in [2.24, 2.45) is 0 Å². The van der Waals surface area contributed by atoms with Crippen LogP contribution in [0.2, 0.25) is 5.02 Å². The third-order valence-corrected chi connectivity index (χ3v) is 5.71. The second kappa shape index (κ2) is 8.48. The minimum Gasteiger partial charge on any atom is -0.456 e. The van der Waals surface area contributed by atoms with Crippen molar-refractivity contribution in [3.05, 3.63) is 65.4 Å². The van der Waals surface area contributed by atoms with Gasteiger partial charge in [-0.05, 0) is 29.3 Å². The Morgan fingerprint density at radius 3 is 2.38 bits per heavy atom. The molecule has 0 spiro atoms. The molecule has 2 aromatic carbocycles. The van der Waals surface area contributed by atoms with E-state index in [0.717, 1.165) is 16.7 Å². The van der Waals surface area contributed by atoms with Crippen LogP contribution in [0.15, 0.2) is 54.6 Å². The van der Waals surface area contributed by atoms with E-state index in [1.807, 2.05) is 24.3 Å². The summed E-state index contributed by atoms with van der Waals surface area (Å²) in [7, 11) is 0. The van der Waals surface area contributed by atoms with E-state index in [-0.39, 0.29) is 25.0 Å². The van der Waals surface area contributed by atoms with Crippen molar-refractivity contribution >= 4 is 22.8 Å². The lowest BCUT2D eigenvalue weighted by molar-refractivity contribution is -0.00390. The van der Waals surface area contributed by atoms with Gasteiger partial charge in [-0.2, -0.15) is 4.98 Å². The van der Waals surface area contributed by atoms with Crippen LogP contribution in [0.1, 0.15) is 0 Å². The number of hydrogen-bond donors (Lipinski definition) is 3. The summed E-state index contributed by atoms with van der Waals surface area (Å²) in [4.78, 5) is 11.9. The average Bonchev–Trinajstić information content (AvgIpc) is 3.36. The molecule has 3 heterocycles. The minimum atomic E-state index is -0.958. The van der Waals surface area contributed by atoms with Gasteiger partial charge in [0.15, 0.2) is 11.8 Å². The van der Waals surface area contributed by atoms with E-state index in [0.29, 0.717) is 21.9 Å². The van der Waals surface area contributed by atoms with Crippen LogP contribution in [0.4, 0.5) is 4.39 Å². The lowest BCUT2D eigenvalue weighted by Gasteiger charge is -2.15. The maximum atomic E-state index is 13.2. The zero-order valence-corrected chi connectivity index (χ0v) is 17.5. The van der Waals surface area contributed by atoms with Crippen LogP contribution in [0.25, 0.3) is 33.5 Å². The molecule has 0 amide bonds. The number of aromatic amines is 1. The maximum Gasteiger partial charge on any atom is 0.296 e. The lowest BCUT2D eigenvalue weighted by Crippen LogP contribution is -2.36. The van der Waals surface area contributed by atoms with Crippen molar-refractivity contribution in [2.45, 2.75) is 18.3 Å². The number of nitrogens with zero attached hydrogens (tertiary/aromatic N) is 2. The highest BCUT2D eigenvalue weighted by Crippen LogP contribution is 2.31. The predicted molar refractivity (Wildman–Crippen MR) is 117 cm³/mol. The number of halogens is 2. The normalized spacial score (nSPS) is 20.7. The van der Waals surface area contributed by atoms with Gasteiger partial charge in [0.2, 0.25) is 0 Å². The average molecular weight is 456 g/mol. The molecule has 0 aliphatic carbocycles. The molecule has 2 aromatic heterocycles. The Labute approximate surface area is 187 Å². The third-order valence-electron chi connectivity index (χ3n) is 5.42. The smallest absolute Gasteiger partial charge is 0.296 e. The highest BCUT2D eigenvalue weighted by molar-refractivity contribution is 6.33. The molecule has 3 N–H and O–H groups in total. The molecule has 0 bridgehead atoms. The largest absolute Gasteiger partial charge is 0.456 e. The molecular formula is C23H19ClFN3O4. The molecule has 9 heteroatoms. The first-order valence-corrected chi connectivity index (χ1v) is 10.4. The SMILES string of the molecule is OC[C@H]1OC[C@@H](Oc2nc3nc(-c4ccc(-c5ccc(F)cc5)cc4)c(Cl)cc3[nH]2)C1O. The fourth-order valence-electron chi connectivity index (χ4n) is 3.68. The Hall–Kier alpha value is -3.04. The van der Waals surface area contributed by atoms with Gasteiger partial charge >= 0.3 is 0 Å². The Bertz CT molecular complexity index is 1250. The van der Waals surface area contributed by atoms with E-state index < -0.39 is 18.3 Å². The number of imidazole rings is 1. The minimum absolute atomic E-state index is 0.142. The quantitative estimate of drug-likeness (QED) is 0.425. The van der Waals surface area contributed by atoms with Crippen molar-refractivity contribution in [3.63, 3.8) is 0 Å². The van der Waals surface area contributed by atoms with E-state index in [1.165, 1.54) is 12.1 Å². The third kappa shape index (κ3) is 3.93. The summed E-state index contributed by atoms with van der Waals surface area (Å²) in [6, 6.07) is 15.8. The summed E-state index contributed by atoms with van der Waals surface area (Å²) in [6.45, 7) is -0.148. The van der Waals surface area contributed by atoms with E-state index in [4.69, 9.17) is 21.1 Å². The molecule has 1 saturated heterocycles. The number of pyridine rings is 1. The van der Waals surface area contributed by atoms with Gasteiger partial charge in [0.25, 0.3) is 6.01 Å². The fraction of sp³-hybridized carbons (Fsp3) is 0.217. The molecule has 1 aliphatic heterocycles. The Kier molecular flexibility index (Phi) is 5.52. The van der Waals surface area contributed by atoms with E-state index in [1.54, 1.807) is 18.2 Å². The number of nitrogens with one attached hydrogen (secondary N) is 1. The molecule has 0 saturated carbocycles. The Morgan fingerprint density at radius 1 is 1.06 bits per heavy atom. The molecule has 1 unspecified atom stereocenters. The first kappa shape index (κ1) is 20.8. The fourth-order valence-corrected chi connectivity index (χ4v) is 3.94. The van der Waals surface area contributed by atoms with Gasteiger partial charge in [-0.15, -0.1) is 0 Å². The van der Waals surface area contributed by atoms with Gasteiger partial charge in [-0.1, -0.05) is 48.0 Å². The maximum absolute atomic E-state index is 13.2. The second-order valence-electron chi connectivity index (χ2n) is 7.52. The van der Waals surface area contributed by atoms with Gasteiger partial charge < -0.3 is 24.7 Å². The zero-order chi connectivity index (χ0) is 22.2. The number of hydrogen-bond acceptors (Lipinski definition) is 6. The number of aromatic nitrogens is 3. The first-order chi connectivity index (χ1) is 15.5. The van der Waals surface area contributed by atoms with Crippen LogP contribution >= 0.6 is 11.6 Å². The topological polar surface area (TPSA) is 100 Å². The highest BCUT2D eigenvalue weighted by atomic mass is 35.5. The summed E-state index contributed by atoms with van der Waals surface area (Å²) in [5.41, 5.74) is 4.21. The van der Waals surface area contributed by atoms with E-state index in [9.17, 15) is 14.6 Å². The first-order valence-electron chi connectivity index (χ1n) is 10.0. The summed E-state index contributed by atoms with van der Waals surface area (Å²) < 4.78 is 24.2. The van der Waals surface area contributed by atoms with Crippen LogP contribution in [-0.2, 0) is 4.74 Å². The van der Waals surface area contributed by atoms with Crippen molar-refractivity contribution in [1.29, 1.82) is 0 Å². The van der Waals surface area contributed by atoms with Crippen molar-refractivity contribution < 1.29 is 24.1 Å². The van der Waals surface area contributed by atoms with Gasteiger partial charge in [0, 0.05) is 5.56 Å². The van der Waals surface area contributed by atoms with Crippen molar-refractivity contribution in [3.8, 4) is 28.4 Å². The van der Waals surface area contributed by atoms with Crippen molar-refractivity contribution in [2.75, 3.05) is 13.2 Å². The summed E-state index contributed by atoms with van der Waals surface area (Å²) in [5, 5.41) is 19.8. The highest BCUT2D eigenvalue weighted by Gasteiger charge is 2.37. The molecule has 7 nitrogen and oxygen atoms in total. The number of fused-ring (bicyclic) bond motifs is 1. The number of rotatable bonds is 5. The van der Waals surface area contributed by atoms with E-state index >= 15 is 0 Å². The van der Waals surface area contributed by atoms with Crippen molar-refractivity contribution in [1.82, 2.24) is 15.0 Å². The molecule has 164 valence electrons. The lowest BCUT2D eigenvalue weighted by atomic mass is 10.0.